The molecule has 98 valence electrons. The largest absolute Gasteiger partial charge is 0.342 e. The van der Waals surface area contributed by atoms with Crippen molar-refractivity contribution >= 4 is 0 Å². The van der Waals surface area contributed by atoms with Crippen molar-refractivity contribution in [1.29, 1.82) is 5.26 Å². The van der Waals surface area contributed by atoms with E-state index in [0.29, 0.717) is 6.04 Å². The number of rotatable bonds is 4. The molecular weight excluding hydrogens is 222 g/mol. The third kappa shape index (κ3) is 2.94. The molecule has 2 unspecified atom stereocenters. The smallest absolute Gasteiger partial charge is 0.120 e. The molecular formula is C15H23N3. The highest BCUT2D eigenvalue weighted by Gasteiger charge is 2.22. The van der Waals surface area contributed by atoms with Crippen LogP contribution in [-0.4, -0.2) is 10.6 Å². The zero-order valence-electron chi connectivity index (χ0n) is 11.4. The van der Waals surface area contributed by atoms with Crippen LogP contribution in [-0.2, 0) is 13.6 Å². The molecule has 1 heterocycles. The lowest BCUT2D eigenvalue weighted by atomic mass is 9.83. The monoisotopic (exact) mass is 245 g/mol. The van der Waals surface area contributed by atoms with Crippen LogP contribution >= 0.6 is 0 Å². The van der Waals surface area contributed by atoms with Gasteiger partial charge in [0.25, 0.3) is 0 Å². The number of nitriles is 1. The average Bonchev–Trinajstić information content (AvgIpc) is 2.77. The summed E-state index contributed by atoms with van der Waals surface area (Å²) < 4.78 is 1.90. The maximum absolute atomic E-state index is 8.94. The quantitative estimate of drug-likeness (QED) is 0.886. The lowest BCUT2D eigenvalue weighted by Gasteiger charge is -2.31. The van der Waals surface area contributed by atoms with E-state index in [0.717, 1.165) is 18.2 Å². The van der Waals surface area contributed by atoms with Crippen LogP contribution in [0.15, 0.2) is 12.3 Å². The summed E-state index contributed by atoms with van der Waals surface area (Å²) in [5, 5.41) is 12.6. The number of hydrogen-bond donors (Lipinski definition) is 1. The summed E-state index contributed by atoms with van der Waals surface area (Å²) in [5.74, 6) is 0.831. The first-order chi connectivity index (χ1) is 8.74. The fourth-order valence-corrected chi connectivity index (χ4v) is 3.05. The minimum Gasteiger partial charge on any atom is -0.342 e. The highest BCUT2D eigenvalue weighted by molar-refractivity contribution is 5.28. The third-order valence-corrected chi connectivity index (χ3v) is 4.18. The summed E-state index contributed by atoms with van der Waals surface area (Å²) in [6.07, 6.45) is 8.74. The summed E-state index contributed by atoms with van der Waals surface area (Å²) in [7, 11) is 1.93. The van der Waals surface area contributed by atoms with Crippen LogP contribution in [0.1, 0.15) is 50.3 Å². The molecule has 1 fully saturated rings. The van der Waals surface area contributed by atoms with Gasteiger partial charge < -0.3 is 9.88 Å². The highest BCUT2D eigenvalue weighted by atomic mass is 15.0. The van der Waals surface area contributed by atoms with Gasteiger partial charge in [0.2, 0.25) is 0 Å². The van der Waals surface area contributed by atoms with E-state index in [-0.39, 0.29) is 0 Å². The summed E-state index contributed by atoms with van der Waals surface area (Å²) in [6.45, 7) is 3.18. The zero-order valence-corrected chi connectivity index (χ0v) is 11.4. The van der Waals surface area contributed by atoms with Crippen molar-refractivity contribution in [3.05, 3.63) is 23.5 Å². The number of aryl methyl sites for hydroxylation is 1. The van der Waals surface area contributed by atoms with E-state index < -0.39 is 0 Å². The minimum atomic E-state index is 0.662. The number of hydrogen-bond acceptors (Lipinski definition) is 2. The lowest BCUT2D eigenvalue weighted by molar-refractivity contribution is 0.254. The Morgan fingerprint density at radius 3 is 2.89 bits per heavy atom. The van der Waals surface area contributed by atoms with Crippen molar-refractivity contribution in [2.45, 2.75) is 51.6 Å². The fourth-order valence-electron chi connectivity index (χ4n) is 3.05. The summed E-state index contributed by atoms with van der Waals surface area (Å²) in [6, 6.07) is 4.85. The van der Waals surface area contributed by atoms with E-state index in [1.165, 1.54) is 37.7 Å². The molecule has 0 aromatic carbocycles. The van der Waals surface area contributed by atoms with Gasteiger partial charge in [-0.3, -0.25) is 0 Å². The molecule has 1 saturated carbocycles. The Morgan fingerprint density at radius 1 is 1.44 bits per heavy atom. The normalized spacial score (nSPS) is 23.8. The standard InChI is InChI=1S/C15H23N3/c1-3-13-6-4-5-7-15(13)17-10-12-8-14(9-16)18(2)11-12/h8,11,13,15,17H,3-7,10H2,1-2H3. The molecule has 3 nitrogen and oxygen atoms in total. The molecule has 0 spiro atoms. The van der Waals surface area contributed by atoms with Gasteiger partial charge in [-0.05, 0) is 30.4 Å². The molecule has 1 aromatic heterocycles. The van der Waals surface area contributed by atoms with Gasteiger partial charge in [-0.2, -0.15) is 5.26 Å². The SMILES string of the molecule is CCC1CCCCC1NCc1cc(C#N)n(C)c1. The van der Waals surface area contributed by atoms with Crippen LogP contribution in [0.25, 0.3) is 0 Å². The average molecular weight is 245 g/mol. The molecule has 0 aliphatic heterocycles. The molecule has 0 saturated heterocycles. The first-order valence-electron chi connectivity index (χ1n) is 7.03. The van der Waals surface area contributed by atoms with Gasteiger partial charge in [0, 0.05) is 25.8 Å². The fraction of sp³-hybridized carbons (Fsp3) is 0.667. The Labute approximate surface area is 110 Å². The summed E-state index contributed by atoms with van der Waals surface area (Å²) >= 11 is 0. The third-order valence-electron chi connectivity index (χ3n) is 4.18. The van der Waals surface area contributed by atoms with Crippen LogP contribution in [0.3, 0.4) is 0 Å². The molecule has 0 radical (unpaired) electrons. The molecule has 0 amide bonds. The second-order valence-electron chi connectivity index (χ2n) is 5.40. The Balaban J connectivity index is 1.92. The van der Waals surface area contributed by atoms with E-state index in [9.17, 15) is 0 Å². The topological polar surface area (TPSA) is 40.8 Å². The maximum atomic E-state index is 8.94. The van der Waals surface area contributed by atoms with Crippen LogP contribution < -0.4 is 5.32 Å². The van der Waals surface area contributed by atoms with Gasteiger partial charge in [0.1, 0.15) is 11.8 Å². The predicted octanol–water partition coefficient (Wildman–Crippen LogP) is 2.96. The second-order valence-corrected chi connectivity index (χ2v) is 5.40. The molecule has 2 rings (SSSR count). The maximum Gasteiger partial charge on any atom is 0.120 e. The van der Waals surface area contributed by atoms with Gasteiger partial charge in [-0.15, -0.1) is 0 Å². The molecule has 1 aliphatic carbocycles. The Morgan fingerprint density at radius 2 is 2.22 bits per heavy atom. The van der Waals surface area contributed by atoms with E-state index in [1.807, 2.05) is 17.7 Å². The molecule has 0 bridgehead atoms. The Kier molecular flexibility index (Phi) is 4.43. The summed E-state index contributed by atoms with van der Waals surface area (Å²) in [4.78, 5) is 0. The summed E-state index contributed by atoms with van der Waals surface area (Å²) in [5.41, 5.74) is 1.96. The molecule has 18 heavy (non-hydrogen) atoms. The Bertz CT molecular complexity index is 427. The van der Waals surface area contributed by atoms with Crippen LogP contribution in [0.2, 0.25) is 0 Å². The van der Waals surface area contributed by atoms with Gasteiger partial charge in [0.05, 0.1) is 0 Å². The van der Waals surface area contributed by atoms with Crippen LogP contribution in [0.4, 0.5) is 0 Å². The molecule has 2 atom stereocenters. The number of nitrogens with zero attached hydrogens (tertiary/aromatic N) is 2. The molecule has 1 N–H and O–H groups in total. The van der Waals surface area contributed by atoms with E-state index >= 15 is 0 Å². The van der Waals surface area contributed by atoms with E-state index in [1.54, 1.807) is 0 Å². The van der Waals surface area contributed by atoms with Crippen molar-refractivity contribution in [2.75, 3.05) is 0 Å². The van der Waals surface area contributed by atoms with Crippen molar-refractivity contribution in [1.82, 2.24) is 9.88 Å². The molecule has 1 aromatic rings. The van der Waals surface area contributed by atoms with Gasteiger partial charge in [0.15, 0.2) is 0 Å². The number of nitrogens with one attached hydrogen (secondary N) is 1. The second kappa shape index (κ2) is 6.06. The van der Waals surface area contributed by atoms with Crippen molar-refractivity contribution in [3.63, 3.8) is 0 Å². The molecule has 1 aliphatic rings. The first kappa shape index (κ1) is 13.2. The van der Waals surface area contributed by atoms with Crippen molar-refractivity contribution < 1.29 is 0 Å². The highest BCUT2D eigenvalue weighted by Crippen LogP contribution is 2.27. The first-order valence-corrected chi connectivity index (χ1v) is 7.03. The van der Waals surface area contributed by atoms with Gasteiger partial charge in [-0.25, -0.2) is 0 Å². The van der Waals surface area contributed by atoms with Crippen molar-refractivity contribution in [3.8, 4) is 6.07 Å². The van der Waals surface area contributed by atoms with Gasteiger partial charge >= 0.3 is 0 Å². The van der Waals surface area contributed by atoms with Crippen LogP contribution in [0, 0.1) is 17.2 Å². The van der Waals surface area contributed by atoms with Crippen LogP contribution in [0.5, 0.6) is 0 Å². The van der Waals surface area contributed by atoms with Crippen molar-refractivity contribution in [2.24, 2.45) is 13.0 Å². The van der Waals surface area contributed by atoms with E-state index in [4.69, 9.17) is 5.26 Å². The van der Waals surface area contributed by atoms with E-state index in [2.05, 4.69) is 24.5 Å². The Hall–Kier alpha value is -1.27. The predicted molar refractivity (Wildman–Crippen MR) is 73.0 cm³/mol. The molecule has 3 heteroatoms. The lowest BCUT2D eigenvalue weighted by Crippen LogP contribution is -2.37. The van der Waals surface area contributed by atoms with Gasteiger partial charge in [-0.1, -0.05) is 26.2 Å². The number of aromatic nitrogens is 1. The minimum absolute atomic E-state index is 0.662. The zero-order chi connectivity index (χ0) is 13.0.